The van der Waals surface area contributed by atoms with E-state index in [1.165, 1.54) is 6.07 Å². The predicted octanol–water partition coefficient (Wildman–Crippen LogP) is 4.69. The lowest BCUT2D eigenvalue weighted by Crippen LogP contribution is -2.04. The molecule has 100 valence electrons. The molecule has 4 heteroatoms. The second-order valence-corrected chi connectivity index (χ2v) is 4.57. The maximum Gasteiger partial charge on any atom is 0.416 e. The van der Waals surface area contributed by atoms with E-state index in [9.17, 15) is 18.3 Å². The molecule has 0 bridgehead atoms. The average molecular weight is 266 g/mol. The van der Waals surface area contributed by atoms with Crippen LogP contribution in [-0.2, 0) is 6.18 Å². The van der Waals surface area contributed by atoms with Gasteiger partial charge in [-0.1, -0.05) is 18.2 Å². The molecule has 0 unspecified atom stereocenters. The van der Waals surface area contributed by atoms with E-state index in [1.54, 1.807) is 6.07 Å². The van der Waals surface area contributed by atoms with Gasteiger partial charge in [0.15, 0.2) is 0 Å². The summed E-state index contributed by atoms with van der Waals surface area (Å²) in [5, 5.41) is 9.44. The Morgan fingerprint density at radius 2 is 1.53 bits per heavy atom. The largest absolute Gasteiger partial charge is 0.508 e. The first-order valence-electron chi connectivity index (χ1n) is 5.76. The molecule has 0 saturated carbocycles. The first-order valence-corrected chi connectivity index (χ1v) is 5.76. The van der Waals surface area contributed by atoms with Crippen molar-refractivity contribution >= 4 is 0 Å². The van der Waals surface area contributed by atoms with Crippen molar-refractivity contribution in [2.24, 2.45) is 0 Å². The summed E-state index contributed by atoms with van der Waals surface area (Å²) in [4.78, 5) is 0. The number of hydrogen-bond acceptors (Lipinski definition) is 1. The minimum absolute atomic E-state index is 0.357. The topological polar surface area (TPSA) is 20.2 Å². The van der Waals surface area contributed by atoms with Crippen molar-refractivity contribution in [2.45, 2.75) is 20.0 Å². The van der Waals surface area contributed by atoms with Gasteiger partial charge in [-0.15, -0.1) is 0 Å². The molecule has 0 radical (unpaired) electrons. The maximum atomic E-state index is 12.7. The quantitative estimate of drug-likeness (QED) is 0.793. The van der Waals surface area contributed by atoms with Gasteiger partial charge in [0, 0.05) is 0 Å². The van der Waals surface area contributed by atoms with Crippen molar-refractivity contribution in [3.05, 3.63) is 53.1 Å². The van der Waals surface area contributed by atoms with E-state index >= 15 is 0 Å². The number of benzene rings is 2. The SMILES string of the molecule is Cc1ccc(-c2cc(O)cc(C(F)(F)F)c2)cc1C. The van der Waals surface area contributed by atoms with E-state index in [-0.39, 0.29) is 5.75 Å². The summed E-state index contributed by atoms with van der Waals surface area (Å²) < 4.78 is 38.1. The second-order valence-electron chi connectivity index (χ2n) is 4.57. The van der Waals surface area contributed by atoms with Gasteiger partial charge >= 0.3 is 6.18 Å². The third-order valence-electron chi connectivity index (χ3n) is 3.09. The Balaban J connectivity index is 2.56. The number of phenolic OH excluding ortho intramolecular Hbond substituents is 1. The minimum Gasteiger partial charge on any atom is -0.508 e. The highest BCUT2D eigenvalue weighted by molar-refractivity contribution is 5.67. The smallest absolute Gasteiger partial charge is 0.416 e. The molecule has 2 aromatic carbocycles. The fourth-order valence-corrected chi connectivity index (χ4v) is 1.86. The van der Waals surface area contributed by atoms with Gasteiger partial charge in [-0.05, 0) is 54.3 Å². The van der Waals surface area contributed by atoms with E-state index in [0.717, 1.165) is 23.3 Å². The Kier molecular flexibility index (Phi) is 3.27. The molecule has 0 heterocycles. The van der Waals surface area contributed by atoms with Gasteiger partial charge in [-0.2, -0.15) is 13.2 Å². The van der Waals surface area contributed by atoms with Crippen LogP contribution in [0.15, 0.2) is 36.4 Å². The Labute approximate surface area is 109 Å². The van der Waals surface area contributed by atoms with Crippen molar-refractivity contribution in [2.75, 3.05) is 0 Å². The van der Waals surface area contributed by atoms with E-state index in [4.69, 9.17) is 0 Å². The molecule has 0 fully saturated rings. The van der Waals surface area contributed by atoms with Crippen LogP contribution < -0.4 is 0 Å². The van der Waals surface area contributed by atoms with Crippen molar-refractivity contribution in [3.63, 3.8) is 0 Å². The van der Waals surface area contributed by atoms with E-state index < -0.39 is 11.7 Å². The predicted molar refractivity (Wildman–Crippen MR) is 68.0 cm³/mol. The summed E-state index contributed by atoms with van der Waals surface area (Å²) in [6.45, 7) is 3.83. The zero-order chi connectivity index (χ0) is 14.2. The van der Waals surface area contributed by atoms with Gasteiger partial charge in [0.2, 0.25) is 0 Å². The van der Waals surface area contributed by atoms with Crippen LogP contribution in [0.2, 0.25) is 0 Å². The highest BCUT2D eigenvalue weighted by Crippen LogP contribution is 2.35. The molecule has 19 heavy (non-hydrogen) atoms. The Hall–Kier alpha value is -1.97. The van der Waals surface area contributed by atoms with E-state index in [1.807, 2.05) is 26.0 Å². The maximum absolute atomic E-state index is 12.7. The average Bonchev–Trinajstić information content (AvgIpc) is 2.31. The van der Waals surface area contributed by atoms with Gasteiger partial charge < -0.3 is 5.11 Å². The molecule has 0 aliphatic rings. The molecule has 1 nitrogen and oxygen atoms in total. The molecule has 0 atom stereocenters. The number of halogens is 3. The van der Waals surface area contributed by atoms with Crippen LogP contribution >= 0.6 is 0 Å². The molecular formula is C15H13F3O. The molecule has 0 amide bonds. The monoisotopic (exact) mass is 266 g/mol. The lowest BCUT2D eigenvalue weighted by molar-refractivity contribution is -0.137. The summed E-state index contributed by atoms with van der Waals surface area (Å²) in [6.07, 6.45) is -4.47. The van der Waals surface area contributed by atoms with Crippen LogP contribution in [0, 0.1) is 13.8 Å². The fraction of sp³-hybridized carbons (Fsp3) is 0.200. The highest BCUT2D eigenvalue weighted by atomic mass is 19.4. The summed E-state index contributed by atoms with van der Waals surface area (Å²) >= 11 is 0. The number of aryl methyl sites for hydroxylation is 2. The highest BCUT2D eigenvalue weighted by Gasteiger charge is 2.31. The Bertz CT molecular complexity index is 615. The third-order valence-corrected chi connectivity index (χ3v) is 3.09. The van der Waals surface area contributed by atoms with Crippen LogP contribution in [0.1, 0.15) is 16.7 Å². The van der Waals surface area contributed by atoms with Crippen molar-refractivity contribution in [3.8, 4) is 16.9 Å². The summed E-state index contributed by atoms with van der Waals surface area (Å²) in [5.74, 6) is -0.386. The molecular weight excluding hydrogens is 253 g/mol. The van der Waals surface area contributed by atoms with Crippen LogP contribution in [0.5, 0.6) is 5.75 Å². The molecule has 0 saturated heterocycles. The Morgan fingerprint density at radius 1 is 0.842 bits per heavy atom. The lowest BCUT2D eigenvalue weighted by Gasteiger charge is -2.11. The molecule has 0 spiro atoms. The van der Waals surface area contributed by atoms with E-state index in [0.29, 0.717) is 11.1 Å². The minimum atomic E-state index is -4.47. The summed E-state index contributed by atoms with van der Waals surface area (Å²) in [6, 6.07) is 8.51. The van der Waals surface area contributed by atoms with Crippen molar-refractivity contribution < 1.29 is 18.3 Å². The third kappa shape index (κ3) is 2.89. The summed E-state index contributed by atoms with van der Waals surface area (Å²) in [7, 11) is 0. The summed E-state index contributed by atoms with van der Waals surface area (Å²) in [5.41, 5.74) is 2.23. The molecule has 1 N–H and O–H groups in total. The molecule has 2 aromatic rings. The first kappa shape index (κ1) is 13.5. The molecule has 0 aliphatic carbocycles. The number of aromatic hydroxyl groups is 1. The Morgan fingerprint density at radius 3 is 2.11 bits per heavy atom. The fourth-order valence-electron chi connectivity index (χ4n) is 1.86. The van der Waals surface area contributed by atoms with Crippen molar-refractivity contribution in [1.29, 1.82) is 0 Å². The standard InChI is InChI=1S/C15H13F3O/c1-9-3-4-11(5-10(9)2)12-6-13(15(16,17)18)8-14(19)7-12/h3-8,19H,1-2H3. The van der Waals surface area contributed by atoms with Crippen LogP contribution in [0.4, 0.5) is 13.2 Å². The van der Waals surface area contributed by atoms with Gasteiger partial charge in [0.25, 0.3) is 0 Å². The number of phenols is 1. The van der Waals surface area contributed by atoms with Gasteiger partial charge in [0.05, 0.1) is 5.56 Å². The van der Waals surface area contributed by atoms with Crippen LogP contribution in [0.25, 0.3) is 11.1 Å². The first-order chi connectivity index (χ1) is 8.77. The number of alkyl halides is 3. The van der Waals surface area contributed by atoms with Gasteiger partial charge in [-0.25, -0.2) is 0 Å². The van der Waals surface area contributed by atoms with Crippen molar-refractivity contribution in [1.82, 2.24) is 0 Å². The zero-order valence-electron chi connectivity index (χ0n) is 10.5. The van der Waals surface area contributed by atoms with Crippen LogP contribution in [0.3, 0.4) is 0 Å². The zero-order valence-corrected chi connectivity index (χ0v) is 10.5. The molecule has 0 aromatic heterocycles. The number of rotatable bonds is 1. The van der Waals surface area contributed by atoms with Gasteiger partial charge in [0.1, 0.15) is 5.75 Å². The van der Waals surface area contributed by atoms with Gasteiger partial charge in [-0.3, -0.25) is 0 Å². The van der Waals surface area contributed by atoms with Crippen LogP contribution in [-0.4, -0.2) is 5.11 Å². The lowest BCUT2D eigenvalue weighted by atomic mass is 9.98. The second kappa shape index (κ2) is 4.61. The molecule has 2 rings (SSSR count). The molecule has 0 aliphatic heterocycles. The number of hydrogen-bond donors (Lipinski definition) is 1. The normalized spacial score (nSPS) is 11.6. The van der Waals surface area contributed by atoms with E-state index in [2.05, 4.69) is 0 Å².